The van der Waals surface area contributed by atoms with Crippen molar-refractivity contribution in [3.8, 4) is 0 Å². The third kappa shape index (κ3) is 1.39. The first-order chi connectivity index (χ1) is 7.89. The molecule has 3 nitrogen and oxygen atoms in total. The number of aliphatic hydroxyl groups is 2. The van der Waals surface area contributed by atoms with E-state index in [1.54, 1.807) is 6.92 Å². The number of ketones is 1. The maximum atomic E-state index is 12.4. The highest BCUT2D eigenvalue weighted by atomic mass is 16.3. The molecule has 96 valence electrons. The van der Waals surface area contributed by atoms with Gasteiger partial charge in [0.2, 0.25) is 0 Å². The number of fused-ring (bicyclic) bond motifs is 3. The number of aliphatic hydroxyl groups excluding tert-OH is 1. The lowest BCUT2D eigenvalue weighted by molar-refractivity contribution is -0.172. The maximum absolute atomic E-state index is 12.4. The fourth-order valence-corrected chi connectivity index (χ4v) is 4.64. The van der Waals surface area contributed by atoms with Crippen LogP contribution in [0.3, 0.4) is 0 Å². The largest absolute Gasteiger partial charge is 0.396 e. The molecule has 3 aliphatic carbocycles. The second kappa shape index (κ2) is 3.33. The van der Waals surface area contributed by atoms with E-state index in [2.05, 4.69) is 6.92 Å². The minimum atomic E-state index is -1.11. The second-order valence-electron chi connectivity index (χ2n) is 7.01. The smallest absolute Gasteiger partial charge is 0.167 e. The predicted octanol–water partition coefficient (Wildman–Crippen LogP) is 1.37. The summed E-state index contributed by atoms with van der Waals surface area (Å²) in [5.41, 5.74) is -1.21. The van der Waals surface area contributed by atoms with Crippen LogP contribution in [0.15, 0.2) is 0 Å². The Morgan fingerprint density at radius 3 is 2.47 bits per heavy atom. The molecule has 0 aromatic carbocycles. The quantitative estimate of drug-likeness (QED) is 0.725. The van der Waals surface area contributed by atoms with Crippen LogP contribution in [0.25, 0.3) is 0 Å². The molecule has 6 atom stereocenters. The highest BCUT2D eigenvalue weighted by Crippen LogP contribution is 2.61. The van der Waals surface area contributed by atoms with Gasteiger partial charge < -0.3 is 10.2 Å². The van der Waals surface area contributed by atoms with Crippen molar-refractivity contribution in [3.05, 3.63) is 0 Å². The third-order valence-corrected chi connectivity index (χ3v) is 5.78. The molecule has 0 saturated heterocycles. The molecule has 0 heterocycles. The molecule has 0 aliphatic heterocycles. The van der Waals surface area contributed by atoms with Crippen LogP contribution >= 0.6 is 0 Å². The molecule has 3 rings (SSSR count). The summed E-state index contributed by atoms with van der Waals surface area (Å²) in [5, 5.41) is 19.9. The van der Waals surface area contributed by atoms with E-state index in [1.165, 1.54) is 0 Å². The Morgan fingerprint density at radius 2 is 1.94 bits per heavy atom. The van der Waals surface area contributed by atoms with E-state index in [1.807, 2.05) is 0 Å². The highest BCUT2D eigenvalue weighted by molar-refractivity contribution is 5.91. The lowest BCUT2D eigenvalue weighted by Gasteiger charge is -2.54. The molecule has 0 aromatic heterocycles. The number of rotatable bonds is 1. The van der Waals surface area contributed by atoms with Crippen LogP contribution in [0, 0.1) is 29.1 Å². The van der Waals surface area contributed by atoms with Crippen LogP contribution in [0.1, 0.15) is 39.5 Å². The lowest BCUT2D eigenvalue weighted by Crippen LogP contribution is -2.60. The molecule has 1 unspecified atom stereocenters. The minimum Gasteiger partial charge on any atom is -0.396 e. The van der Waals surface area contributed by atoms with E-state index in [-0.39, 0.29) is 29.6 Å². The molecule has 3 fully saturated rings. The molecule has 0 aromatic rings. The van der Waals surface area contributed by atoms with Crippen molar-refractivity contribution >= 4 is 5.78 Å². The fourth-order valence-electron chi connectivity index (χ4n) is 4.64. The number of carbonyl (C=O) groups excluding carboxylic acids is 1. The summed E-state index contributed by atoms with van der Waals surface area (Å²) >= 11 is 0. The van der Waals surface area contributed by atoms with Crippen LogP contribution in [-0.4, -0.2) is 28.2 Å². The molecular weight excluding hydrogens is 216 g/mol. The van der Waals surface area contributed by atoms with Crippen LogP contribution in [0.2, 0.25) is 0 Å². The monoisotopic (exact) mass is 238 g/mol. The topological polar surface area (TPSA) is 57.5 Å². The van der Waals surface area contributed by atoms with E-state index >= 15 is 0 Å². The molecule has 17 heavy (non-hydrogen) atoms. The van der Waals surface area contributed by atoms with Crippen molar-refractivity contribution in [2.24, 2.45) is 29.1 Å². The fraction of sp³-hybridized carbons (Fsp3) is 0.929. The number of hydrogen-bond acceptors (Lipinski definition) is 3. The second-order valence-corrected chi connectivity index (χ2v) is 7.01. The first-order valence-corrected chi connectivity index (χ1v) is 6.76. The van der Waals surface area contributed by atoms with E-state index in [4.69, 9.17) is 0 Å². The van der Waals surface area contributed by atoms with Gasteiger partial charge in [-0.1, -0.05) is 6.92 Å². The number of hydrogen-bond donors (Lipinski definition) is 2. The Morgan fingerprint density at radius 1 is 1.24 bits per heavy atom. The van der Waals surface area contributed by atoms with E-state index < -0.39 is 5.60 Å². The van der Waals surface area contributed by atoms with Gasteiger partial charge in [0, 0.05) is 12.5 Å². The molecule has 3 aliphatic rings. The summed E-state index contributed by atoms with van der Waals surface area (Å²) in [6.45, 7) is 3.94. The zero-order valence-electron chi connectivity index (χ0n) is 10.6. The summed E-state index contributed by atoms with van der Waals surface area (Å²) in [7, 11) is 0. The van der Waals surface area contributed by atoms with Crippen molar-refractivity contribution in [1.29, 1.82) is 0 Å². The van der Waals surface area contributed by atoms with Crippen LogP contribution in [-0.2, 0) is 4.79 Å². The zero-order chi connectivity index (χ0) is 12.4. The van der Waals surface area contributed by atoms with Crippen LogP contribution < -0.4 is 0 Å². The average Bonchev–Trinajstić information content (AvgIpc) is 2.53. The van der Waals surface area contributed by atoms with Gasteiger partial charge in [0.15, 0.2) is 5.78 Å². The normalized spacial score (nSPS) is 57.3. The average molecular weight is 238 g/mol. The van der Waals surface area contributed by atoms with Crippen LogP contribution in [0.5, 0.6) is 0 Å². The lowest BCUT2D eigenvalue weighted by atomic mass is 9.52. The molecule has 3 heteroatoms. The van der Waals surface area contributed by atoms with Gasteiger partial charge in [-0.05, 0) is 55.8 Å². The van der Waals surface area contributed by atoms with Crippen molar-refractivity contribution in [2.45, 2.75) is 45.1 Å². The molecule has 3 saturated carbocycles. The summed E-state index contributed by atoms with van der Waals surface area (Å²) in [5.74, 6) is 1.14. The Hall–Kier alpha value is -0.410. The SMILES string of the molecule is CC1(CO)C[C@@H]2[C@@H]3CC[C@@H]3[C@](C)(O)C(=O)[C@@H]2C1. The number of carbonyl (C=O) groups is 1. The van der Waals surface area contributed by atoms with Gasteiger partial charge in [0.1, 0.15) is 5.60 Å². The van der Waals surface area contributed by atoms with E-state index in [0.29, 0.717) is 11.8 Å². The molecular formula is C14H22O3. The molecule has 2 N–H and O–H groups in total. The summed E-state index contributed by atoms with van der Waals surface area (Å²) in [6.07, 6.45) is 3.85. The van der Waals surface area contributed by atoms with Gasteiger partial charge in [-0.3, -0.25) is 4.79 Å². The Bertz CT molecular complexity index is 362. The summed E-state index contributed by atoms with van der Waals surface area (Å²) in [4.78, 5) is 12.4. The Labute approximate surface area is 102 Å². The van der Waals surface area contributed by atoms with Crippen molar-refractivity contribution in [3.63, 3.8) is 0 Å². The first-order valence-electron chi connectivity index (χ1n) is 6.76. The van der Waals surface area contributed by atoms with E-state index in [9.17, 15) is 15.0 Å². The van der Waals surface area contributed by atoms with Gasteiger partial charge in [0.05, 0.1) is 0 Å². The van der Waals surface area contributed by atoms with E-state index in [0.717, 1.165) is 25.7 Å². The Balaban J connectivity index is 1.93. The number of Topliss-reactive ketones (excluding diaryl/α,β-unsaturated/α-hetero) is 1. The van der Waals surface area contributed by atoms with Crippen molar-refractivity contribution < 1.29 is 15.0 Å². The molecule has 0 radical (unpaired) electrons. The summed E-state index contributed by atoms with van der Waals surface area (Å²) in [6, 6.07) is 0. The predicted molar refractivity (Wildman–Crippen MR) is 63.3 cm³/mol. The molecule has 0 bridgehead atoms. The van der Waals surface area contributed by atoms with Crippen molar-refractivity contribution in [2.75, 3.05) is 6.61 Å². The molecule has 0 amide bonds. The minimum absolute atomic E-state index is 0.0105. The maximum Gasteiger partial charge on any atom is 0.167 e. The first kappa shape index (κ1) is 11.7. The highest BCUT2D eigenvalue weighted by Gasteiger charge is 2.62. The summed E-state index contributed by atoms with van der Waals surface area (Å²) < 4.78 is 0. The van der Waals surface area contributed by atoms with Gasteiger partial charge >= 0.3 is 0 Å². The Kier molecular flexibility index (Phi) is 2.28. The molecule has 0 spiro atoms. The van der Waals surface area contributed by atoms with Crippen LogP contribution in [0.4, 0.5) is 0 Å². The standard InChI is InChI=1S/C14H22O3/c1-13(7-15)5-9-8-3-4-11(8)14(2,17)12(16)10(9)6-13/h8-11,15,17H,3-7H2,1-2H3/t8-,9+,10+,11-,13?,14-/m0/s1. The zero-order valence-corrected chi connectivity index (χ0v) is 10.6. The van der Waals surface area contributed by atoms with Gasteiger partial charge in [-0.15, -0.1) is 0 Å². The van der Waals surface area contributed by atoms with Gasteiger partial charge in [-0.2, -0.15) is 0 Å². The van der Waals surface area contributed by atoms with Gasteiger partial charge in [-0.25, -0.2) is 0 Å². The van der Waals surface area contributed by atoms with Crippen molar-refractivity contribution in [1.82, 2.24) is 0 Å². The third-order valence-electron chi connectivity index (χ3n) is 5.78. The van der Waals surface area contributed by atoms with Gasteiger partial charge in [0.25, 0.3) is 0 Å².